The first kappa shape index (κ1) is 11.6. The zero-order chi connectivity index (χ0) is 13.4. The van der Waals surface area contributed by atoms with Gasteiger partial charge in [0.2, 0.25) is 0 Å². The molecule has 0 unspecified atom stereocenters. The average Bonchev–Trinajstić information content (AvgIpc) is 2.85. The summed E-state index contributed by atoms with van der Waals surface area (Å²) >= 11 is 0. The van der Waals surface area contributed by atoms with Gasteiger partial charge < -0.3 is 13.9 Å². The van der Waals surface area contributed by atoms with Crippen LogP contribution in [0.15, 0.2) is 40.8 Å². The highest BCUT2D eigenvalue weighted by atomic mass is 16.5. The molecule has 1 heterocycles. The molecule has 0 bridgehead atoms. The predicted molar refractivity (Wildman–Crippen MR) is 71.6 cm³/mol. The fraction of sp³-hybridized carbons (Fsp3) is 0.133. The van der Waals surface area contributed by atoms with Crippen LogP contribution in [0.2, 0.25) is 0 Å². The van der Waals surface area contributed by atoms with Crippen LogP contribution in [-0.4, -0.2) is 20.2 Å². The van der Waals surface area contributed by atoms with E-state index in [-0.39, 0.29) is 5.76 Å². The number of ether oxygens (including phenoxy) is 2. The fourth-order valence-electron chi connectivity index (χ4n) is 2.23. The quantitative estimate of drug-likeness (QED) is 0.659. The molecule has 0 saturated carbocycles. The molecular formula is C15H12O4. The zero-order valence-corrected chi connectivity index (χ0v) is 10.6. The van der Waals surface area contributed by atoms with Crippen LogP contribution in [0, 0.1) is 0 Å². The lowest BCUT2D eigenvalue weighted by Gasteiger charge is -1.99. The first-order chi connectivity index (χ1) is 9.26. The third kappa shape index (κ3) is 1.64. The van der Waals surface area contributed by atoms with Crippen LogP contribution in [0.25, 0.3) is 21.7 Å². The number of esters is 1. The molecule has 0 aliphatic carbocycles. The van der Waals surface area contributed by atoms with Crippen molar-refractivity contribution < 1.29 is 18.7 Å². The lowest BCUT2D eigenvalue weighted by molar-refractivity contribution is 0.0563. The van der Waals surface area contributed by atoms with Gasteiger partial charge in [-0.2, -0.15) is 0 Å². The molecule has 0 aliphatic heterocycles. The second kappa shape index (κ2) is 4.31. The Kier molecular flexibility index (Phi) is 2.63. The average molecular weight is 256 g/mol. The van der Waals surface area contributed by atoms with Crippen molar-refractivity contribution in [1.82, 2.24) is 0 Å². The van der Waals surface area contributed by atoms with Crippen molar-refractivity contribution in [2.24, 2.45) is 0 Å². The minimum absolute atomic E-state index is 0.0938. The molecule has 0 spiro atoms. The van der Waals surface area contributed by atoms with E-state index in [2.05, 4.69) is 0 Å². The van der Waals surface area contributed by atoms with Gasteiger partial charge in [0.05, 0.1) is 19.6 Å². The molecule has 3 aromatic rings. The van der Waals surface area contributed by atoms with Crippen molar-refractivity contribution in [3.63, 3.8) is 0 Å². The molecule has 4 nitrogen and oxygen atoms in total. The summed E-state index contributed by atoms with van der Waals surface area (Å²) in [6, 6.07) is 11.7. The second-order valence-corrected chi connectivity index (χ2v) is 4.12. The molecule has 0 radical (unpaired) electrons. The molecule has 19 heavy (non-hydrogen) atoms. The molecule has 3 rings (SSSR count). The van der Waals surface area contributed by atoms with E-state index in [0.717, 1.165) is 16.2 Å². The molecule has 2 aromatic carbocycles. The van der Waals surface area contributed by atoms with Gasteiger partial charge in [-0.05, 0) is 11.5 Å². The van der Waals surface area contributed by atoms with Gasteiger partial charge in [-0.1, -0.05) is 30.3 Å². The van der Waals surface area contributed by atoms with E-state index in [1.165, 1.54) is 14.2 Å². The number of furan rings is 1. The standard InChI is InChI=1S/C15H12O4/c1-17-13-11-8-7-9-5-3-4-6-10(9)12(11)19-14(13)15(16)18-2/h3-8H,1-2H3. The Morgan fingerprint density at radius 1 is 1.05 bits per heavy atom. The molecule has 0 amide bonds. The maximum atomic E-state index is 11.7. The summed E-state index contributed by atoms with van der Waals surface area (Å²) in [5, 5.41) is 2.75. The molecule has 96 valence electrons. The van der Waals surface area contributed by atoms with Gasteiger partial charge in [0.15, 0.2) is 5.75 Å². The SMILES string of the molecule is COC(=O)c1oc2c(ccc3ccccc32)c1OC. The first-order valence-electron chi connectivity index (χ1n) is 5.83. The van der Waals surface area contributed by atoms with E-state index >= 15 is 0 Å². The van der Waals surface area contributed by atoms with Gasteiger partial charge in [-0.25, -0.2) is 4.79 Å². The van der Waals surface area contributed by atoms with E-state index < -0.39 is 5.97 Å². The van der Waals surface area contributed by atoms with E-state index in [4.69, 9.17) is 13.9 Å². The van der Waals surface area contributed by atoms with E-state index in [0.29, 0.717) is 11.3 Å². The van der Waals surface area contributed by atoms with E-state index in [9.17, 15) is 4.79 Å². The predicted octanol–water partition coefficient (Wildman–Crippen LogP) is 3.38. The maximum Gasteiger partial charge on any atom is 0.377 e. The van der Waals surface area contributed by atoms with Crippen molar-refractivity contribution in [1.29, 1.82) is 0 Å². The van der Waals surface area contributed by atoms with Gasteiger partial charge in [-0.3, -0.25) is 0 Å². The van der Waals surface area contributed by atoms with Crippen LogP contribution in [0.5, 0.6) is 5.75 Å². The molecule has 0 aliphatic rings. The Morgan fingerprint density at radius 3 is 2.58 bits per heavy atom. The monoisotopic (exact) mass is 256 g/mol. The topological polar surface area (TPSA) is 48.7 Å². The van der Waals surface area contributed by atoms with Gasteiger partial charge >= 0.3 is 5.97 Å². The normalized spacial score (nSPS) is 10.8. The number of hydrogen-bond acceptors (Lipinski definition) is 4. The third-order valence-corrected chi connectivity index (χ3v) is 3.11. The van der Waals surface area contributed by atoms with Crippen LogP contribution in [0.1, 0.15) is 10.6 Å². The highest BCUT2D eigenvalue weighted by Crippen LogP contribution is 2.37. The molecule has 0 atom stereocenters. The van der Waals surface area contributed by atoms with E-state index in [1.54, 1.807) is 0 Å². The summed E-state index contributed by atoms with van der Waals surface area (Å²) < 4.78 is 15.6. The van der Waals surface area contributed by atoms with E-state index in [1.807, 2.05) is 36.4 Å². The summed E-state index contributed by atoms with van der Waals surface area (Å²) in [5.74, 6) is -0.0407. The minimum atomic E-state index is -0.544. The summed E-state index contributed by atoms with van der Waals surface area (Å²) in [6.45, 7) is 0. The molecule has 0 saturated heterocycles. The Bertz CT molecular complexity index is 770. The number of fused-ring (bicyclic) bond motifs is 3. The first-order valence-corrected chi connectivity index (χ1v) is 5.83. The third-order valence-electron chi connectivity index (χ3n) is 3.11. The van der Waals surface area contributed by atoms with Crippen LogP contribution in [0.4, 0.5) is 0 Å². The Balaban J connectivity index is 2.42. The van der Waals surface area contributed by atoms with Gasteiger partial charge in [0, 0.05) is 5.39 Å². The second-order valence-electron chi connectivity index (χ2n) is 4.12. The summed E-state index contributed by atoms with van der Waals surface area (Å²) in [6.07, 6.45) is 0. The lowest BCUT2D eigenvalue weighted by Crippen LogP contribution is -2.01. The van der Waals surface area contributed by atoms with Crippen LogP contribution >= 0.6 is 0 Å². The lowest BCUT2D eigenvalue weighted by atomic mass is 10.1. The minimum Gasteiger partial charge on any atom is -0.492 e. The molecule has 4 heteroatoms. The number of rotatable bonds is 2. The van der Waals surface area contributed by atoms with Crippen molar-refractivity contribution >= 4 is 27.7 Å². The number of carbonyl (C=O) groups excluding carboxylic acids is 1. The molecule has 0 N–H and O–H groups in total. The van der Waals surface area contributed by atoms with Crippen LogP contribution < -0.4 is 4.74 Å². The Labute approximate surface area is 109 Å². The molecule has 0 fully saturated rings. The van der Waals surface area contributed by atoms with Crippen molar-refractivity contribution in [2.45, 2.75) is 0 Å². The number of hydrogen-bond donors (Lipinski definition) is 0. The largest absolute Gasteiger partial charge is 0.492 e. The highest BCUT2D eigenvalue weighted by molar-refractivity contribution is 6.09. The summed E-state index contributed by atoms with van der Waals surface area (Å²) in [5.41, 5.74) is 0.635. The summed E-state index contributed by atoms with van der Waals surface area (Å²) in [4.78, 5) is 11.7. The van der Waals surface area contributed by atoms with Gasteiger partial charge in [-0.15, -0.1) is 0 Å². The van der Waals surface area contributed by atoms with Gasteiger partial charge in [0.1, 0.15) is 5.58 Å². The Morgan fingerprint density at radius 2 is 1.84 bits per heavy atom. The van der Waals surface area contributed by atoms with Crippen LogP contribution in [0.3, 0.4) is 0 Å². The smallest absolute Gasteiger partial charge is 0.377 e. The Hall–Kier alpha value is -2.49. The number of carbonyl (C=O) groups is 1. The highest BCUT2D eigenvalue weighted by Gasteiger charge is 2.23. The maximum absolute atomic E-state index is 11.7. The molecular weight excluding hydrogens is 244 g/mol. The zero-order valence-electron chi connectivity index (χ0n) is 10.6. The van der Waals surface area contributed by atoms with Gasteiger partial charge in [0.25, 0.3) is 5.76 Å². The van der Waals surface area contributed by atoms with Crippen LogP contribution in [-0.2, 0) is 4.74 Å². The van der Waals surface area contributed by atoms with Crippen molar-refractivity contribution in [3.05, 3.63) is 42.2 Å². The summed E-state index contributed by atoms with van der Waals surface area (Å²) in [7, 11) is 2.82. The van der Waals surface area contributed by atoms with Crippen molar-refractivity contribution in [2.75, 3.05) is 14.2 Å². The number of methoxy groups -OCH3 is 2. The number of benzene rings is 2. The van der Waals surface area contributed by atoms with Crippen molar-refractivity contribution in [3.8, 4) is 5.75 Å². The fourth-order valence-corrected chi connectivity index (χ4v) is 2.23. The molecule has 1 aromatic heterocycles.